The summed E-state index contributed by atoms with van der Waals surface area (Å²) >= 11 is 0. The van der Waals surface area contributed by atoms with Gasteiger partial charge in [0, 0.05) is 13.1 Å². The van der Waals surface area contributed by atoms with E-state index < -0.39 is 0 Å². The van der Waals surface area contributed by atoms with Crippen LogP contribution >= 0.6 is 0 Å². The highest BCUT2D eigenvalue weighted by Crippen LogP contribution is 2.08. The highest BCUT2D eigenvalue weighted by molar-refractivity contribution is 4.64. The quantitative estimate of drug-likeness (QED) is 0.657. The van der Waals surface area contributed by atoms with Gasteiger partial charge in [-0.2, -0.15) is 0 Å². The molecule has 0 atom stereocenters. The van der Waals surface area contributed by atoms with Crippen molar-refractivity contribution in [3.8, 4) is 0 Å². The van der Waals surface area contributed by atoms with Gasteiger partial charge >= 0.3 is 0 Å². The molecule has 78 valence electrons. The van der Waals surface area contributed by atoms with Gasteiger partial charge in [-0.25, -0.2) is 0 Å². The van der Waals surface area contributed by atoms with Crippen molar-refractivity contribution in [3.05, 3.63) is 0 Å². The molecular formula is C11H24N2. The molecule has 1 aliphatic heterocycles. The molecule has 0 aromatic rings. The van der Waals surface area contributed by atoms with Crippen LogP contribution in [0.15, 0.2) is 0 Å². The lowest BCUT2D eigenvalue weighted by Gasteiger charge is -2.23. The van der Waals surface area contributed by atoms with Gasteiger partial charge in [-0.05, 0) is 39.5 Å². The maximum absolute atomic E-state index is 2.62. The van der Waals surface area contributed by atoms with E-state index in [2.05, 4.69) is 23.8 Å². The molecular weight excluding hydrogens is 160 g/mol. The number of likely N-dealkylation sites (N-methyl/N-ethyl adjacent to an activating group) is 1. The van der Waals surface area contributed by atoms with Crippen LogP contribution in [0.3, 0.4) is 0 Å². The second-order valence-corrected chi connectivity index (χ2v) is 4.15. The molecule has 0 aromatic heterocycles. The third kappa shape index (κ3) is 4.63. The van der Waals surface area contributed by atoms with Crippen LogP contribution in [0.5, 0.6) is 0 Å². The standard InChI is InChI=1S/C11H24N2/c1-3-12(2)10-11-13-8-6-4-5-7-9-13/h3-11H2,1-2H3. The molecule has 0 radical (unpaired) electrons. The summed E-state index contributed by atoms with van der Waals surface area (Å²) in [6.07, 6.45) is 5.71. The van der Waals surface area contributed by atoms with Crippen LogP contribution in [0.25, 0.3) is 0 Å². The Balaban J connectivity index is 2.11. The Morgan fingerprint density at radius 2 is 1.69 bits per heavy atom. The van der Waals surface area contributed by atoms with Gasteiger partial charge in [-0.1, -0.05) is 19.8 Å². The van der Waals surface area contributed by atoms with E-state index in [-0.39, 0.29) is 0 Å². The molecule has 0 unspecified atom stereocenters. The number of nitrogens with zero attached hydrogens (tertiary/aromatic N) is 2. The molecule has 1 heterocycles. The predicted molar refractivity (Wildman–Crippen MR) is 58.1 cm³/mol. The highest BCUT2D eigenvalue weighted by atomic mass is 15.2. The average molecular weight is 184 g/mol. The first kappa shape index (κ1) is 11.0. The van der Waals surface area contributed by atoms with Crippen molar-refractivity contribution in [2.45, 2.75) is 32.6 Å². The average Bonchev–Trinajstić information content (AvgIpc) is 2.42. The van der Waals surface area contributed by atoms with Crippen LogP contribution in [-0.4, -0.2) is 49.6 Å². The first-order valence-corrected chi connectivity index (χ1v) is 5.74. The van der Waals surface area contributed by atoms with Crippen molar-refractivity contribution in [2.24, 2.45) is 0 Å². The summed E-state index contributed by atoms with van der Waals surface area (Å²) < 4.78 is 0. The van der Waals surface area contributed by atoms with E-state index in [1.807, 2.05) is 0 Å². The van der Waals surface area contributed by atoms with Gasteiger partial charge in [0.25, 0.3) is 0 Å². The Labute approximate surface area is 82.9 Å². The summed E-state index contributed by atoms with van der Waals surface area (Å²) in [5, 5.41) is 0. The molecule has 0 amide bonds. The zero-order valence-corrected chi connectivity index (χ0v) is 9.26. The van der Waals surface area contributed by atoms with Crippen LogP contribution in [0, 0.1) is 0 Å². The molecule has 1 rings (SSSR count). The van der Waals surface area contributed by atoms with E-state index in [0.717, 1.165) is 0 Å². The van der Waals surface area contributed by atoms with E-state index >= 15 is 0 Å². The molecule has 0 N–H and O–H groups in total. The minimum Gasteiger partial charge on any atom is -0.305 e. The summed E-state index contributed by atoms with van der Waals surface area (Å²) in [7, 11) is 2.21. The van der Waals surface area contributed by atoms with Crippen LogP contribution in [-0.2, 0) is 0 Å². The maximum Gasteiger partial charge on any atom is 0.0109 e. The predicted octanol–water partition coefficient (Wildman–Crippen LogP) is 1.81. The van der Waals surface area contributed by atoms with Crippen LogP contribution in [0.4, 0.5) is 0 Å². The number of hydrogen-bond donors (Lipinski definition) is 0. The minimum atomic E-state index is 1.17. The lowest BCUT2D eigenvalue weighted by molar-refractivity contribution is 0.236. The summed E-state index contributed by atoms with van der Waals surface area (Å²) in [4.78, 5) is 5.02. The van der Waals surface area contributed by atoms with Crippen LogP contribution in [0.1, 0.15) is 32.6 Å². The zero-order valence-electron chi connectivity index (χ0n) is 9.26. The Bertz CT molecular complexity index is 117. The van der Waals surface area contributed by atoms with Crippen molar-refractivity contribution in [2.75, 3.05) is 39.8 Å². The molecule has 1 aliphatic rings. The first-order chi connectivity index (χ1) is 6.33. The van der Waals surface area contributed by atoms with Crippen molar-refractivity contribution in [1.29, 1.82) is 0 Å². The molecule has 0 aromatic carbocycles. The Morgan fingerprint density at radius 1 is 1.08 bits per heavy atom. The normalized spacial score (nSPS) is 20.5. The summed E-state index contributed by atoms with van der Waals surface area (Å²) in [6.45, 7) is 8.56. The summed E-state index contributed by atoms with van der Waals surface area (Å²) in [6, 6.07) is 0. The molecule has 0 bridgehead atoms. The van der Waals surface area contributed by atoms with Gasteiger partial charge in [-0.3, -0.25) is 0 Å². The Hall–Kier alpha value is -0.0800. The number of hydrogen-bond acceptors (Lipinski definition) is 2. The molecule has 2 nitrogen and oxygen atoms in total. The van der Waals surface area contributed by atoms with Gasteiger partial charge in [0.2, 0.25) is 0 Å². The molecule has 0 aliphatic carbocycles. The van der Waals surface area contributed by atoms with Gasteiger partial charge in [0.15, 0.2) is 0 Å². The zero-order chi connectivity index (χ0) is 9.52. The fourth-order valence-corrected chi connectivity index (χ4v) is 1.83. The largest absolute Gasteiger partial charge is 0.305 e. The molecule has 1 fully saturated rings. The summed E-state index contributed by atoms with van der Waals surface area (Å²) in [5.41, 5.74) is 0. The smallest absolute Gasteiger partial charge is 0.0109 e. The Kier molecular flexibility index (Phi) is 5.40. The first-order valence-electron chi connectivity index (χ1n) is 5.74. The van der Waals surface area contributed by atoms with Gasteiger partial charge < -0.3 is 9.80 Å². The number of likely N-dealkylation sites (tertiary alicyclic amines) is 1. The lowest BCUT2D eigenvalue weighted by atomic mass is 10.2. The molecule has 0 saturated carbocycles. The van der Waals surface area contributed by atoms with Crippen molar-refractivity contribution >= 4 is 0 Å². The maximum atomic E-state index is 2.62. The second kappa shape index (κ2) is 6.39. The van der Waals surface area contributed by atoms with E-state index in [4.69, 9.17) is 0 Å². The van der Waals surface area contributed by atoms with E-state index in [1.165, 1.54) is 58.4 Å². The van der Waals surface area contributed by atoms with Crippen molar-refractivity contribution < 1.29 is 0 Å². The fraction of sp³-hybridized carbons (Fsp3) is 1.00. The third-order valence-electron chi connectivity index (χ3n) is 3.04. The molecule has 1 saturated heterocycles. The fourth-order valence-electron chi connectivity index (χ4n) is 1.83. The lowest BCUT2D eigenvalue weighted by Crippen LogP contribution is -2.33. The Morgan fingerprint density at radius 3 is 2.23 bits per heavy atom. The molecule has 2 heteroatoms. The van der Waals surface area contributed by atoms with E-state index in [1.54, 1.807) is 0 Å². The highest BCUT2D eigenvalue weighted by Gasteiger charge is 2.08. The molecule has 13 heavy (non-hydrogen) atoms. The second-order valence-electron chi connectivity index (χ2n) is 4.15. The van der Waals surface area contributed by atoms with E-state index in [0.29, 0.717) is 0 Å². The van der Waals surface area contributed by atoms with Gasteiger partial charge in [0.1, 0.15) is 0 Å². The van der Waals surface area contributed by atoms with Crippen LogP contribution < -0.4 is 0 Å². The topological polar surface area (TPSA) is 6.48 Å². The molecule has 0 spiro atoms. The third-order valence-corrected chi connectivity index (χ3v) is 3.04. The van der Waals surface area contributed by atoms with E-state index in [9.17, 15) is 0 Å². The van der Waals surface area contributed by atoms with Gasteiger partial charge in [-0.15, -0.1) is 0 Å². The minimum absolute atomic E-state index is 1.17. The van der Waals surface area contributed by atoms with Gasteiger partial charge in [0.05, 0.1) is 0 Å². The van der Waals surface area contributed by atoms with Crippen molar-refractivity contribution in [1.82, 2.24) is 9.80 Å². The van der Waals surface area contributed by atoms with Crippen LogP contribution in [0.2, 0.25) is 0 Å². The number of rotatable bonds is 4. The summed E-state index contributed by atoms with van der Waals surface area (Å²) in [5.74, 6) is 0. The SMILES string of the molecule is CCN(C)CCN1CCCCCC1. The monoisotopic (exact) mass is 184 g/mol. The van der Waals surface area contributed by atoms with Crippen molar-refractivity contribution in [3.63, 3.8) is 0 Å².